The first kappa shape index (κ1) is 16.8. The lowest BCUT2D eigenvalue weighted by Crippen LogP contribution is -2.27. The predicted octanol–water partition coefficient (Wildman–Crippen LogP) is 3.87. The second kappa shape index (κ2) is 6.64. The minimum atomic E-state index is 0.114. The molecule has 0 aromatic heterocycles. The molecule has 4 nitrogen and oxygen atoms in total. The number of amides is 2. The lowest BCUT2D eigenvalue weighted by molar-refractivity contribution is -0.118. The molecule has 0 fully saturated rings. The van der Waals surface area contributed by atoms with E-state index in [2.05, 4.69) is 6.07 Å². The Hall–Kier alpha value is -3.40. The fourth-order valence-electron chi connectivity index (χ4n) is 4.12. The minimum absolute atomic E-state index is 0.114. The van der Waals surface area contributed by atoms with Crippen molar-refractivity contribution in [2.24, 2.45) is 0 Å². The van der Waals surface area contributed by atoms with Crippen LogP contribution in [0.2, 0.25) is 0 Å². The van der Waals surface area contributed by atoms with Crippen LogP contribution in [-0.4, -0.2) is 11.8 Å². The van der Waals surface area contributed by atoms with Crippen LogP contribution in [0.4, 0.5) is 11.4 Å². The molecule has 3 aromatic rings. The maximum atomic E-state index is 12.6. The summed E-state index contributed by atoms with van der Waals surface area (Å²) >= 11 is 0. The molecule has 0 radical (unpaired) electrons. The highest BCUT2D eigenvalue weighted by Crippen LogP contribution is 2.40. The zero-order valence-electron chi connectivity index (χ0n) is 15.5. The van der Waals surface area contributed by atoms with Crippen molar-refractivity contribution in [3.05, 3.63) is 95.1 Å². The zero-order valence-corrected chi connectivity index (χ0v) is 15.5. The van der Waals surface area contributed by atoms with Gasteiger partial charge in [0.25, 0.3) is 0 Å². The van der Waals surface area contributed by atoms with Crippen molar-refractivity contribution < 1.29 is 9.59 Å². The van der Waals surface area contributed by atoms with Gasteiger partial charge in [-0.05, 0) is 28.3 Å². The summed E-state index contributed by atoms with van der Waals surface area (Å²) in [5.41, 5.74) is 6.10. The molecule has 0 saturated carbocycles. The number of anilines is 2. The molecule has 0 N–H and O–H groups in total. The number of rotatable bonds is 4. The van der Waals surface area contributed by atoms with Gasteiger partial charge in [0.1, 0.15) is 0 Å². The van der Waals surface area contributed by atoms with Crippen molar-refractivity contribution >= 4 is 23.2 Å². The van der Waals surface area contributed by atoms with E-state index in [0.29, 0.717) is 25.9 Å². The van der Waals surface area contributed by atoms with Crippen molar-refractivity contribution in [3.8, 4) is 0 Å². The van der Waals surface area contributed by atoms with Crippen LogP contribution >= 0.6 is 0 Å². The molecule has 0 atom stereocenters. The molecule has 2 heterocycles. The Morgan fingerprint density at radius 3 is 1.46 bits per heavy atom. The molecule has 2 amide bonds. The summed E-state index contributed by atoms with van der Waals surface area (Å²) < 4.78 is 0. The maximum Gasteiger partial charge on any atom is 0.231 e. The van der Waals surface area contributed by atoms with Crippen molar-refractivity contribution in [2.45, 2.75) is 25.9 Å². The first-order chi connectivity index (χ1) is 13.7. The Labute approximate surface area is 164 Å². The third-order valence-corrected chi connectivity index (χ3v) is 5.51. The molecule has 0 aliphatic carbocycles. The SMILES string of the molecule is O=C1Cc2cc3c(cc2N1Cc1ccccc1)N(Cc1ccccc1)C(=O)C3. The number of benzene rings is 3. The van der Waals surface area contributed by atoms with Crippen LogP contribution in [0.25, 0.3) is 0 Å². The second-order valence-electron chi connectivity index (χ2n) is 7.39. The van der Waals surface area contributed by atoms with E-state index in [9.17, 15) is 9.59 Å². The Kier molecular flexibility index (Phi) is 3.97. The van der Waals surface area contributed by atoms with Gasteiger partial charge in [0.2, 0.25) is 11.8 Å². The Morgan fingerprint density at radius 1 is 0.607 bits per heavy atom. The van der Waals surface area contributed by atoms with Gasteiger partial charge in [0.05, 0.1) is 25.9 Å². The van der Waals surface area contributed by atoms with Crippen molar-refractivity contribution in [3.63, 3.8) is 0 Å². The Balaban J connectivity index is 1.49. The molecular formula is C24H20N2O2. The molecule has 0 unspecified atom stereocenters. The zero-order chi connectivity index (χ0) is 19.1. The third kappa shape index (κ3) is 2.87. The molecule has 2 aliphatic rings. The minimum Gasteiger partial charge on any atom is -0.307 e. The summed E-state index contributed by atoms with van der Waals surface area (Å²) in [6.07, 6.45) is 0.810. The summed E-state index contributed by atoms with van der Waals surface area (Å²) in [6.45, 7) is 1.11. The summed E-state index contributed by atoms with van der Waals surface area (Å²) in [5.74, 6) is 0.229. The normalized spacial score (nSPS) is 15.1. The van der Waals surface area contributed by atoms with Crippen LogP contribution in [0.3, 0.4) is 0 Å². The van der Waals surface area contributed by atoms with Crippen molar-refractivity contribution in [1.82, 2.24) is 0 Å². The lowest BCUT2D eigenvalue weighted by atomic mass is 10.1. The molecule has 28 heavy (non-hydrogen) atoms. The van der Waals surface area contributed by atoms with Crippen LogP contribution in [0, 0.1) is 0 Å². The molecule has 138 valence electrons. The van der Waals surface area contributed by atoms with Gasteiger partial charge in [-0.25, -0.2) is 0 Å². The van der Waals surface area contributed by atoms with Gasteiger partial charge in [0.15, 0.2) is 0 Å². The Bertz CT molecular complexity index is 978. The highest BCUT2D eigenvalue weighted by molar-refractivity contribution is 6.06. The quantitative estimate of drug-likeness (QED) is 0.702. The van der Waals surface area contributed by atoms with E-state index in [1.165, 1.54) is 0 Å². The van der Waals surface area contributed by atoms with Gasteiger partial charge in [-0.15, -0.1) is 0 Å². The van der Waals surface area contributed by atoms with Crippen molar-refractivity contribution in [1.29, 1.82) is 0 Å². The molecule has 3 aromatic carbocycles. The van der Waals surface area contributed by atoms with Gasteiger partial charge >= 0.3 is 0 Å². The standard InChI is InChI=1S/C24H20N2O2/c27-23-12-19-11-20-13-24(28)26(16-18-9-5-2-6-10-18)22(20)14-21(19)25(23)15-17-7-3-1-4-8-17/h1-11,14H,12-13,15-16H2. The second-order valence-corrected chi connectivity index (χ2v) is 7.39. The molecule has 0 bridgehead atoms. The van der Waals surface area contributed by atoms with Gasteiger partial charge in [-0.3, -0.25) is 9.59 Å². The highest BCUT2D eigenvalue weighted by Gasteiger charge is 2.34. The van der Waals surface area contributed by atoms with Gasteiger partial charge < -0.3 is 9.80 Å². The highest BCUT2D eigenvalue weighted by atomic mass is 16.2. The first-order valence-electron chi connectivity index (χ1n) is 9.53. The van der Waals surface area contributed by atoms with Crippen molar-refractivity contribution in [2.75, 3.05) is 9.80 Å². The molecule has 2 aliphatic heterocycles. The lowest BCUT2D eigenvalue weighted by Gasteiger charge is -2.21. The van der Waals surface area contributed by atoms with Crippen LogP contribution in [0.5, 0.6) is 0 Å². The van der Waals surface area contributed by atoms with Crippen LogP contribution in [-0.2, 0) is 35.5 Å². The smallest absolute Gasteiger partial charge is 0.231 e. The van der Waals surface area contributed by atoms with Gasteiger partial charge in [-0.1, -0.05) is 66.7 Å². The number of carbonyl (C=O) groups excluding carboxylic acids is 2. The van der Waals surface area contributed by atoms with Gasteiger partial charge in [0, 0.05) is 11.4 Å². The summed E-state index contributed by atoms with van der Waals surface area (Å²) in [7, 11) is 0. The van der Waals surface area contributed by atoms with E-state index in [-0.39, 0.29) is 11.8 Å². The number of hydrogen-bond acceptors (Lipinski definition) is 2. The predicted molar refractivity (Wildman–Crippen MR) is 109 cm³/mol. The first-order valence-corrected chi connectivity index (χ1v) is 9.53. The van der Waals surface area contributed by atoms with E-state index in [1.807, 2.05) is 76.5 Å². The van der Waals surface area contributed by atoms with Crippen LogP contribution in [0.15, 0.2) is 72.8 Å². The average Bonchev–Trinajstić information content (AvgIpc) is 3.17. The molecule has 0 saturated heterocycles. The van der Waals surface area contributed by atoms with E-state index < -0.39 is 0 Å². The molecule has 4 heteroatoms. The fourth-order valence-corrected chi connectivity index (χ4v) is 4.12. The average molecular weight is 368 g/mol. The molecule has 0 spiro atoms. The van der Waals surface area contributed by atoms with E-state index >= 15 is 0 Å². The molecular weight excluding hydrogens is 348 g/mol. The van der Waals surface area contributed by atoms with Crippen LogP contribution in [0.1, 0.15) is 22.3 Å². The number of carbonyl (C=O) groups is 2. The van der Waals surface area contributed by atoms with Crippen LogP contribution < -0.4 is 9.80 Å². The summed E-state index contributed by atoms with van der Waals surface area (Å²) in [6, 6.07) is 24.1. The number of nitrogens with zero attached hydrogens (tertiary/aromatic N) is 2. The monoisotopic (exact) mass is 368 g/mol. The fraction of sp³-hybridized carbons (Fsp3) is 0.167. The van der Waals surface area contributed by atoms with E-state index in [4.69, 9.17) is 0 Å². The van der Waals surface area contributed by atoms with E-state index in [1.54, 1.807) is 0 Å². The summed E-state index contributed by atoms with van der Waals surface area (Å²) in [4.78, 5) is 29.0. The molecule has 5 rings (SSSR count). The largest absolute Gasteiger partial charge is 0.307 e. The summed E-state index contributed by atoms with van der Waals surface area (Å²) in [5, 5.41) is 0. The number of hydrogen-bond donors (Lipinski definition) is 0. The maximum absolute atomic E-state index is 12.6. The third-order valence-electron chi connectivity index (χ3n) is 5.51. The van der Waals surface area contributed by atoms with E-state index in [0.717, 1.165) is 33.6 Å². The van der Waals surface area contributed by atoms with Gasteiger partial charge in [-0.2, -0.15) is 0 Å². The Morgan fingerprint density at radius 2 is 1.04 bits per heavy atom. The number of fused-ring (bicyclic) bond motifs is 2. The topological polar surface area (TPSA) is 40.6 Å².